The average molecular weight is 405 g/mol. The number of nitrogens with zero attached hydrogens (tertiary/aromatic N) is 3. The van der Waals surface area contributed by atoms with Crippen molar-refractivity contribution < 1.29 is 19.3 Å². The minimum atomic E-state index is -0.547. The van der Waals surface area contributed by atoms with Gasteiger partial charge in [-0.25, -0.2) is 4.98 Å². The van der Waals surface area contributed by atoms with Gasteiger partial charge in [0.2, 0.25) is 0 Å². The van der Waals surface area contributed by atoms with Crippen molar-refractivity contribution in [2.75, 3.05) is 53.1 Å². The topological polar surface area (TPSA) is 81.0 Å². The van der Waals surface area contributed by atoms with Gasteiger partial charge in [-0.05, 0) is 30.7 Å². The molecule has 2 aromatic rings. The zero-order valence-corrected chi connectivity index (χ0v) is 17.1. The third-order valence-corrected chi connectivity index (χ3v) is 4.89. The Bertz CT molecular complexity index is 705. The normalized spacial score (nSPS) is 15.9. The highest BCUT2D eigenvalue weighted by molar-refractivity contribution is 5.43. The van der Waals surface area contributed by atoms with E-state index in [1.54, 1.807) is 13.3 Å². The first-order valence-corrected chi connectivity index (χ1v) is 10.2. The standard InChI is InChI=1S/C21H32N4O4/c1-27-21-13-18(14-22-5-2-7-25-8-6-23-17-25)3-4-20(21)29-16-19(26)15-24-9-11-28-12-10-24/h3-4,6,8,13,17,19,22,26H,2,5,7,9-12,14-16H2,1H3/t19-/m0/s1. The SMILES string of the molecule is COc1cc(CNCCCn2ccnc2)ccc1OC[C@@H](O)CN1CCOCC1. The second-order valence-electron chi connectivity index (χ2n) is 7.19. The molecule has 1 aromatic heterocycles. The van der Waals surface area contributed by atoms with E-state index in [-0.39, 0.29) is 6.61 Å². The molecule has 1 aliphatic rings. The van der Waals surface area contributed by atoms with Gasteiger partial charge in [0.25, 0.3) is 0 Å². The molecule has 8 heteroatoms. The lowest BCUT2D eigenvalue weighted by molar-refractivity contribution is 0.00445. The summed E-state index contributed by atoms with van der Waals surface area (Å²) in [5.74, 6) is 1.33. The fraction of sp³-hybridized carbons (Fsp3) is 0.571. The molecule has 0 bridgehead atoms. The molecule has 1 atom stereocenters. The van der Waals surface area contributed by atoms with Crippen molar-refractivity contribution in [3.8, 4) is 11.5 Å². The van der Waals surface area contributed by atoms with E-state index in [2.05, 4.69) is 19.8 Å². The zero-order chi connectivity index (χ0) is 20.3. The molecule has 1 saturated heterocycles. The summed E-state index contributed by atoms with van der Waals surface area (Å²) in [6.45, 7) is 6.62. The van der Waals surface area contributed by atoms with Gasteiger partial charge in [-0.2, -0.15) is 0 Å². The zero-order valence-electron chi connectivity index (χ0n) is 17.1. The monoisotopic (exact) mass is 404 g/mol. The van der Waals surface area contributed by atoms with Crippen LogP contribution in [0.2, 0.25) is 0 Å². The third-order valence-electron chi connectivity index (χ3n) is 4.89. The summed E-state index contributed by atoms with van der Waals surface area (Å²) in [7, 11) is 1.63. The van der Waals surface area contributed by atoms with E-state index in [0.29, 0.717) is 18.0 Å². The van der Waals surface area contributed by atoms with E-state index < -0.39 is 6.10 Å². The van der Waals surface area contributed by atoms with Crippen molar-refractivity contribution in [2.24, 2.45) is 0 Å². The van der Waals surface area contributed by atoms with Gasteiger partial charge >= 0.3 is 0 Å². The van der Waals surface area contributed by atoms with E-state index in [1.807, 2.05) is 30.7 Å². The number of aromatic nitrogens is 2. The maximum atomic E-state index is 10.3. The maximum Gasteiger partial charge on any atom is 0.161 e. The highest BCUT2D eigenvalue weighted by atomic mass is 16.5. The van der Waals surface area contributed by atoms with Crippen LogP contribution < -0.4 is 14.8 Å². The highest BCUT2D eigenvalue weighted by Gasteiger charge is 2.16. The lowest BCUT2D eigenvalue weighted by atomic mass is 10.2. The molecule has 0 saturated carbocycles. The molecule has 0 unspecified atom stereocenters. The van der Waals surface area contributed by atoms with Gasteiger partial charge in [-0.15, -0.1) is 0 Å². The first kappa shape index (κ1) is 21.6. The molecule has 0 radical (unpaired) electrons. The van der Waals surface area contributed by atoms with E-state index in [9.17, 15) is 5.11 Å². The molecule has 29 heavy (non-hydrogen) atoms. The van der Waals surface area contributed by atoms with Gasteiger partial charge in [-0.1, -0.05) is 6.07 Å². The molecule has 1 aliphatic heterocycles. The Morgan fingerprint density at radius 2 is 2.14 bits per heavy atom. The van der Waals surface area contributed by atoms with Gasteiger partial charge in [0, 0.05) is 45.1 Å². The van der Waals surface area contributed by atoms with E-state index in [1.165, 1.54) is 0 Å². The Balaban J connectivity index is 1.39. The van der Waals surface area contributed by atoms with Gasteiger partial charge in [-0.3, -0.25) is 4.90 Å². The van der Waals surface area contributed by atoms with Crippen LogP contribution in [0.1, 0.15) is 12.0 Å². The predicted molar refractivity (Wildman–Crippen MR) is 110 cm³/mol. The van der Waals surface area contributed by atoms with E-state index in [4.69, 9.17) is 14.2 Å². The number of aliphatic hydroxyl groups excluding tert-OH is 1. The van der Waals surface area contributed by atoms with Gasteiger partial charge in [0.15, 0.2) is 11.5 Å². The van der Waals surface area contributed by atoms with E-state index >= 15 is 0 Å². The fourth-order valence-electron chi connectivity index (χ4n) is 3.30. The Morgan fingerprint density at radius 1 is 1.28 bits per heavy atom. The molecule has 2 heterocycles. The largest absolute Gasteiger partial charge is 0.493 e. The predicted octanol–water partition coefficient (Wildman–Crippen LogP) is 1.14. The molecule has 2 N–H and O–H groups in total. The number of aliphatic hydroxyl groups is 1. The number of β-amino-alcohol motifs (C(OH)–C–C–N with tert-alkyl or cyclic N) is 1. The first-order chi connectivity index (χ1) is 14.2. The van der Waals surface area contributed by atoms with Crippen LogP contribution >= 0.6 is 0 Å². The number of hydrogen-bond acceptors (Lipinski definition) is 7. The molecule has 3 rings (SSSR count). The van der Waals surface area contributed by atoms with Gasteiger partial charge in [0.05, 0.1) is 26.7 Å². The summed E-state index contributed by atoms with van der Waals surface area (Å²) in [6, 6.07) is 5.91. The number of methoxy groups -OCH3 is 1. The molecule has 8 nitrogen and oxygen atoms in total. The van der Waals surface area contributed by atoms with Crippen molar-refractivity contribution in [3.63, 3.8) is 0 Å². The fourth-order valence-corrected chi connectivity index (χ4v) is 3.30. The number of nitrogens with one attached hydrogen (secondary N) is 1. The van der Waals surface area contributed by atoms with Crippen LogP contribution in [0.25, 0.3) is 0 Å². The minimum absolute atomic E-state index is 0.236. The molecule has 1 fully saturated rings. The Hall–Kier alpha value is -2.13. The summed E-state index contributed by atoms with van der Waals surface area (Å²) in [5.41, 5.74) is 1.13. The number of benzene rings is 1. The van der Waals surface area contributed by atoms with Gasteiger partial charge in [0.1, 0.15) is 12.7 Å². The van der Waals surface area contributed by atoms with Crippen molar-refractivity contribution in [1.82, 2.24) is 19.8 Å². The summed E-state index contributed by atoms with van der Waals surface area (Å²) in [5, 5.41) is 13.7. The minimum Gasteiger partial charge on any atom is -0.493 e. The Morgan fingerprint density at radius 3 is 2.90 bits per heavy atom. The summed E-state index contributed by atoms with van der Waals surface area (Å²) in [6.07, 6.45) is 6.10. The average Bonchev–Trinajstić information content (AvgIpc) is 3.26. The van der Waals surface area contributed by atoms with Crippen LogP contribution in [0.5, 0.6) is 11.5 Å². The van der Waals surface area contributed by atoms with Crippen LogP contribution in [0.15, 0.2) is 36.9 Å². The molecular formula is C21H32N4O4. The van der Waals surface area contributed by atoms with Crippen LogP contribution in [-0.4, -0.2) is 78.8 Å². The Labute approximate surface area is 172 Å². The van der Waals surface area contributed by atoms with Crippen molar-refractivity contribution in [3.05, 3.63) is 42.5 Å². The number of ether oxygens (including phenoxy) is 3. The Kier molecular flexibility index (Phi) is 8.76. The number of morpholine rings is 1. The van der Waals surface area contributed by atoms with Crippen LogP contribution in [0.3, 0.4) is 0 Å². The van der Waals surface area contributed by atoms with Crippen molar-refractivity contribution in [1.29, 1.82) is 0 Å². The molecule has 1 aromatic carbocycles. The van der Waals surface area contributed by atoms with Crippen LogP contribution in [0.4, 0.5) is 0 Å². The molecular weight excluding hydrogens is 372 g/mol. The molecule has 0 aliphatic carbocycles. The second kappa shape index (κ2) is 11.8. The van der Waals surface area contributed by atoms with E-state index in [0.717, 1.165) is 57.9 Å². The summed E-state index contributed by atoms with van der Waals surface area (Å²) in [4.78, 5) is 6.24. The lowest BCUT2D eigenvalue weighted by Crippen LogP contribution is -2.42. The summed E-state index contributed by atoms with van der Waals surface area (Å²) >= 11 is 0. The summed E-state index contributed by atoms with van der Waals surface area (Å²) < 4.78 is 18.7. The van der Waals surface area contributed by atoms with Crippen molar-refractivity contribution in [2.45, 2.75) is 25.6 Å². The molecule has 160 valence electrons. The number of rotatable bonds is 12. The van der Waals surface area contributed by atoms with Gasteiger partial charge < -0.3 is 29.2 Å². The molecule has 0 spiro atoms. The first-order valence-electron chi connectivity index (χ1n) is 10.2. The van der Waals surface area contributed by atoms with Crippen LogP contribution in [-0.2, 0) is 17.8 Å². The number of aryl methyl sites for hydroxylation is 1. The van der Waals surface area contributed by atoms with Crippen molar-refractivity contribution >= 4 is 0 Å². The molecule has 0 amide bonds. The number of hydrogen-bond donors (Lipinski definition) is 2. The number of imidazole rings is 1. The third kappa shape index (κ3) is 7.32. The maximum absolute atomic E-state index is 10.3. The van der Waals surface area contributed by atoms with Crippen LogP contribution in [0, 0.1) is 0 Å². The quantitative estimate of drug-likeness (QED) is 0.514. The lowest BCUT2D eigenvalue weighted by Gasteiger charge is -2.28. The smallest absolute Gasteiger partial charge is 0.161 e. The highest BCUT2D eigenvalue weighted by Crippen LogP contribution is 2.28. The second-order valence-corrected chi connectivity index (χ2v) is 7.19.